The lowest BCUT2D eigenvalue weighted by Gasteiger charge is -2.29. The summed E-state index contributed by atoms with van der Waals surface area (Å²) in [5, 5.41) is 14.8. The fourth-order valence-electron chi connectivity index (χ4n) is 3.58. The number of allylic oxidation sites excluding steroid dienone is 1. The monoisotopic (exact) mass is 335 g/mol. The second-order valence-electron chi connectivity index (χ2n) is 7.21. The largest absolute Gasteiger partial charge is 0.390 e. The van der Waals surface area contributed by atoms with E-state index in [1.54, 1.807) is 11.0 Å². The van der Waals surface area contributed by atoms with Crippen molar-refractivity contribution in [2.45, 2.75) is 45.0 Å². The molecule has 5 nitrogen and oxygen atoms in total. The minimum absolute atomic E-state index is 0.537. The Bertz CT molecular complexity index is 700. The molecule has 1 aromatic heterocycles. The Morgan fingerprint density at radius 2 is 2.08 bits per heavy atom. The molecule has 1 aliphatic heterocycles. The third-order valence-electron chi connectivity index (χ3n) is 4.90. The fourth-order valence-corrected chi connectivity index (χ4v) is 3.58. The van der Waals surface area contributed by atoms with Crippen molar-refractivity contribution in [3.63, 3.8) is 0 Å². The molecule has 1 aliphatic rings. The maximum absolute atomic E-state index is 4.23. The molecule has 1 saturated heterocycles. The molecule has 0 aliphatic carbocycles. The first kappa shape index (κ1) is 17.5. The topological polar surface area (TPSA) is 55.6 Å². The zero-order valence-corrected chi connectivity index (χ0v) is 15.0. The Morgan fingerprint density at radius 1 is 1.28 bits per heavy atom. The molecule has 1 fully saturated rings. The highest BCUT2D eigenvalue weighted by atomic mass is 15.5. The van der Waals surface area contributed by atoms with Crippen molar-refractivity contribution in [1.29, 1.82) is 0 Å². The van der Waals surface area contributed by atoms with E-state index in [-0.39, 0.29) is 0 Å². The number of rotatable bonds is 7. The van der Waals surface area contributed by atoms with E-state index in [4.69, 9.17) is 0 Å². The first-order chi connectivity index (χ1) is 12.1. The second-order valence-corrected chi connectivity index (χ2v) is 7.21. The van der Waals surface area contributed by atoms with Crippen LogP contribution in [0.15, 0.2) is 49.3 Å². The number of aromatic nitrogens is 4. The number of hydrogen-bond acceptors (Lipinski definition) is 4. The van der Waals surface area contributed by atoms with Crippen LogP contribution in [0.1, 0.15) is 37.3 Å². The molecule has 0 amide bonds. The molecule has 1 aromatic carbocycles. The maximum atomic E-state index is 4.23. The van der Waals surface area contributed by atoms with Crippen molar-refractivity contribution in [3.05, 3.63) is 60.5 Å². The lowest BCUT2D eigenvalue weighted by Crippen LogP contribution is -2.37. The molecule has 0 radical (unpaired) electrons. The lowest BCUT2D eigenvalue weighted by molar-refractivity contribution is 0.459. The summed E-state index contributed by atoms with van der Waals surface area (Å²) in [5.41, 5.74) is 4.63. The summed E-state index contributed by atoms with van der Waals surface area (Å²) >= 11 is 0. The first-order valence-electron chi connectivity index (χ1n) is 9.00. The summed E-state index contributed by atoms with van der Waals surface area (Å²) in [7, 11) is 1.22. The van der Waals surface area contributed by atoms with Gasteiger partial charge in [-0.1, -0.05) is 42.7 Å². The van der Waals surface area contributed by atoms with Gasteiger partial charge in [-0.25, -0.2) is 4.68 Å². The van der Waals surface area contributed by atoms with Gasteiger partial charge >= 0.3 is 0 Å². The van der Waals surface area contributed by atoms with Gasteiger partial charge < -0.3 is 5.32 Å². The van der Waals surface area contributed by atoms with Crippen molar-refractivity contribution in [1.82, 2.24) is 25.5 Å². The highest BCUT2D eigenvalue weighted by Gasteiger charge is 2.22. The molecule has 0 bridgehead atoms. The van der Waals surface area contributed by atoms with Gasteiger partial charge in [-0.15, -0.1) is 11.7 Å². The smallest absolute Gasteiger partial charge is 0.149 e. The van der Waals surface area contributed by atoms with Gasteiger partial charge in [0.25, 0.3) is 0 Å². The first-order valence-corrected chi connectivity index (χ1v) is 9.00. The highest BCUT2D eigenvalue weighted by Crippen LogP contribution is 2.26. The van der Waals surface area contributed by atoms with Gasteiger partial charge in [-0.05, 0) is 59.6 Å². The van der Waals surface area contributed by atoms with Crippen molar-refractivity contribution in [2.75, 3.05) is 0 Å². The van der Waals surface area contributed by atoms with Crippen LogP contribution >= 0.6 is 0 Å². The van der Waals surface area contributed by atoms with Gasteiger partial charge in [0.2, 0.25) is 0 Å². The number of hydrogen-bond donors (Lipinski definition) is 1. The zero-order chi connectivity index (χ0) is 17.6. The SMILES string of the molecule is C=C(C)CC1CBC(NC(=C)c2ccc(Cn3cnnn3)cc2)CC1. The van der Waals surface area contributed by atoms with Crippen LogP contribution in [0.5, 0.6) is 0 Å². The predicted molar refractivity (Wildman–Crippen MR) is 103 cm³/mol. The third kappa shape index (κ3) is 5.05. The van der Waals surface area contributed by atoms with Gasteiger partial charge in [0, 0.05) is 5.70 Å². The van der Waals surface area contributed by atoms with E-state index in [2.05, 4.69) is 65.2 Å². The molecule has 2 heterocycles. The quantitative estimate of drug-likeness (QED) is 0.624. The van der Waals surface area contributed by atoms with Crippen LogP contribution in [0.2, 0.25) is 6.32 Å². The average molecular weight is 335 g/mol. The number of benzene rings is 1. The van der Waals surface area contributed by atoms with Crippen molar-refractivity contribution in [3.8, 4) is 0 Å². The maximum Gasteiger partial charge on any atom is 0.149 e. The summed E-state index contributed by atoms with van der Waals surface area (Å²) in [6, 6.07) is 8.44. The van der Waals surface area contributed by atoms with Gasteiger partial charge in [-0.3, -0.25) is 0 Å². The van der Waals surface area contributed by atoms with Crippen LogP contribution in [0.3, 0.4) is 0 Å². The summed E-state index contributed by atoms with van der Waals surface area (Å²) in [4.78, 5) is 0. The molecule has 0 saturated carbocycles. The molecule has 1 N–H and O–H groups in total. The van der Waals surface area contributed by atoms with Crippen LogP contribution in [0.25, 0.3) is 5.70 Å². The number of tetrazole rings is 1. The molecule has 130 valence electrons. The van der Waals surface area contributed by atoms with Crippen LogP contribution in [0.4, 0.5) is 0 Å². The van der Waals surface area contributed by atoms with Gasteiger partial charge in [0.1, 0.15) is 13.6 Å². The molecule has 2 aromatic rings. The Kier molecular flexibility index (Phi) is 5.69. The average Bonchev–Trinajstić information content (AvgIpc) is 3.10. The molecule has 2 unspecified atom stereocenters. The van der Waals surface area contributed by atoms with Crippen molar-refractivity contribution < 1.29 is 0 Å². The van der Waals surface area contributed by atoms with E-state index in [1.807, 2.05) is 0 Å². The van der Waals surface area contributed by atoms with Crippen molar-refractivity contribution >= 4 is 13.0 Å². The lowest BCUT2D eigenvalue weighted by atomic mass is 9.55. The Balaban J connectivity index is 1.49. The Hall–Kier alpha value is -2.37. The number of nitrogens with one attached hydrogen (secondary N) is 1. The van der Waals surface area contributed by atoms with Gasteiger partial charge in [0.05, 0.1) is 6.54 Å². The van der Waals surface area contributed by atoms with Gasteiger partial charge in [-0.2, -0.15) is 0 Å². The molecule has 3 rings (SSSR count). The van der Waals surface area contributed by atoms with Crippen LogP contribution in [-0.4, -0.2) is 33.4 Å². The summed E-state index contributed by atoms with van der Waals surface area (Å²) < 4.78 is 1.71. The minimum atomic E-state index is 0.537. The fraction of sp³-hybridized carbons (Fsp3) is 0.421. The normalized spacial score (nSPS) is 19.9. The van der Waals surface area contributed by atoms with Crippen molar-refractivity contribution in [2.24, 2.45) is 5.92 Å². The molecule has 6 heteroatoms. The van der Waals surface area contributed by atoms with Crippen LogP contribution in [-0.2, 0) is 6.54 Å². The van der Waals surface area contributed by atoms with Crippen LogP contribution < -0.4 is 5.32 Å². The predicted octanol–water partition coefficient (Wildman–Crippen LogP) is 2.84. The highest BCUT2D eigenvalue weighted by molar-refractivity contribution is 6.38. The van der Waals surface area contributed by atoms with E-state index in [1.165, 1.54) is 44.0 Å². The van der Waals surface area contributed by atoms with E-state index >= 15 is 0 Å². The summed E-state index contributed by atoms with van der Waals surface area (Å²) in [6.45, 7) is 11.1. The molecule has 2 atom stereocenters. The second kappa shape index (κ2) is 8.14. The molecule has 25 heavy (non-hydrogen) atoms. The van der Waals surface area contributed by atoms with Crippen LogP contribution in [0, 0.1) is 5.92 Å². The van der Waals surface area contributed by atoms with E-state index in [9.17, 15) is 0 Å². The minimum Gasteiger partial charge on any atom is -0.390 e. The van der Waals surface area contributed by atoms with E-state index in [0.717, 1.165) is 17.2 Å². The Morgan fingerprint density at radius 3 is 2.68 bits per heavy atom. The molecular weight excluding hydrogens is 309 g/mol. The van der Waals surface area contributed by atoms with E-state index < -0.39 is 0 Å². The third-order valence-corrected chi connectivity index (χ3v) is 4.90. The molecule has 0 spiro atoms. The molecular formula is C19H26BN5. The Labute approximate surface area is 150 Å². The van der Waals surface area contributed by atoms with Gasteiger partial charge in [0.15, 0.2) is 0 Å². The summed E-state index contributed by atoms with van der Waals surface area (Å²) in [5.74, 6) is 1.35. The van der Waals surface area contributed by atoms with E-state index in [0.29, 0.717) is 12.5 Å². The zero-order valence-electron chi connectivity index (χ0n) is 15.0. The number of nitrogens with zero attached hydrogens (tertiary/aromatic N) is 4. The standard InChI is InChI=1S/C19H26BN5/c1-14(2)10-17-6-9-19(20-11-17)22-15(3)18-7-4-16(5-8-18)12-25-13-21-23-24-25/h4-5,7-8,13,17,19-20,22H,1,3,6,9-12H2,2H3. The summed E-state index contributed by atoms with van der Waals surface area (Å²) in [6.07, 6.45) is 6.58.